The summed E-state index contributed by atoms with van der Waals surface area (Å²) >= 11 is 6.05. The maximum atomic E-state index is 13.2. The lowest BCUT2D eigenvalue weighted by Gasteiger charge is -2.15. The van der Waals surface area contributed by atoms with Crippen LogP contribution >= 0.6 is 11.6 Å². The van der Waals surface area contributed by atoms with Crippen LogP contribution in [0.3, 0.4) is 0 Å². The second-order valence-corrected chi connectivity index (χ2v) is 8.00. The number of aromatic amines is 1. The molecule has 3 N–H and O–H groups in total. The summed E-state index contributed by atoms with van der Waals surface area (Å²) < 4.78 is 0. The number of amides is 1. The van der Waals surface area contributed by atoms with Gasteiger partial charge in [-0.2, -0.15) is 0 Å². The first-order chi connectivity index (χ1) is 14.9. The number of ketones is 1. The van der Waals surface area contributed by atoms with Crippen LogP contribution in [0.1, 0.15) is 52.6 Å². The van der Waals surface area contributed by atoms with E-state index in [4.69, 9.17) is 16.7 Å². The van der Waals surface area contributed by atoms with E-state index in [1.807, 2.05) is 30.3 Å². The van der Waals surface area contributed by atoms with Crippen molar-refractivity contribution in [2.24, 2.45) is 5.92 Å². The highest BCUT2D eigenvalue weighted by Crippen LogP contribution is 2.24. The Labute approximate surface area is 185 Å². The molecule has 3 rings (SSSR count). The van der Waals surface area contributed by atoms with Gasteiger partial charge in [0.25, 0.3) is 5.91 Å². The van der Waals surface area contributed by atoms with Gasteiger partial charge in [-0.15, -0.1) is 0 Å². The molecule has 0 fully saturated rings. The SMILES string of the molecule is CCC[C@@H](Cc1ccc(C(=O)NCCC(=O)O)cc1)C(=O)c1cc2cc(Cl)ccc2[nH]1. The molecular formula is C24H25ClN2O4. The number of nitrogens with one attached hydrogen (secondary N) is 2. The van der Waals surface area contributed by atoms with Crippen molar-refractivity contribution < 1.29 is 19.5 Å². The monoisotopic (exact) mass is 440 g/mol. The molecule has 0 radical (unpaired) electrons. The Morgan fingerprint density at radius 3 is 2.52 bits per heavy atom. The van der Waals surface area contributed by atoms with Crippen LogP contribution in [-0.4, -0.2) is 34.3 Å². The van der Waals surface area contributed by atoms with E-state index in [9.17, 15) is 14.4 Å². The largest absolute Gasteiger partial charge is 0.481 e. The van der Waals surface area contributed by atoms with Crippen LogP contribution < -0.4 is 5.32 Å². The summed E-state index contributed by atoms with van der Waals surface area (Å²) in [6.07, 6.45) is 2.09. The lowest BCUT2D eigenvalue weighted by atomic mass is 9.89. The van der Waals surface area contributed by atoms with Gasteiger partial charge in [0.1, 0.15) is 0 Å². The summed E-state index contributed by atoms with van der Waals surface area (Å²) in [4.78, 5) is 39.0. The molecule has 31 heavy (non-hydrogen) atoms. The zero-order valence-corrected chi connectivity index (χ0v) is 18.0. The number of rotatable bonds is 10. The van der Waals surface area contributed by atoms with Crippen molar-refractivity contribution >= 4 is 40.2 Å². The summed E-state index contributed by atoms with van der Waals surface area (Å²) in [6, 6.07) is 14.4. The number of hydrogen-bond acceptors (Lipinski definition) is 3. The van der Waals surface area contributed by atoms with Crippen molar-refractivity contribution in [1.29, 1.82) is 0 Å². The number of fused-ring (bicyclic) bond motifs is 1. The Balaban J connectivity index is 1.69. The lowest BCUT2D eigenvalue weighted by molar-refractivity contribution is -0.136. The normalized spacial score (nSPS) is 11.9. The van der Waals surface area contributed by atoms with Crippen molar-refractivity contribution in [2.75, 3.05) is 6.54 Å². The van der Waals surface area contributed by atoms with E-state index < -0.39 is 5.97 Å². The maximum absolute atomic E-state index is 13.2. The van der Waals surface area contributed by atoms with Gasteiger partial charge >= 0.3 is 5.97 Å². The van der Waals surface area contributed by atoms with Gasteiger partial charge in [0.05, 0.1) is 12.1 Å². The van der Waals surface area contributed by atoms with E-state index in [0.717, 1.165) is 29.3 Å². The number of carbonyl (C=O) groups excluding carboxylic acids is 2. The molecular weight excluding hydrogens is 416 g/mol. The van der Waals surface area contributed by atoms with Crippen molar-refractivity contribution in [1.82, 2.24) is 10.3 Å². The first-order valence-corrected chi connectivity index (χ1v) is 10.7. The molecule has 1 atom stereocenters. The minimum atomic E-state index is -0.958. The van der Waals surface area contributed by atoms with Crippen LogP contribution in [0.25, 0.3) is 10.9 Å². The van der Waals surface area contributed by atoms with Gasteiger partial charge in [-0.3, -0.25) is 14.4 Å². The molecule has 1 heterocycles. The Morgan fingerprint density at radius 1 is 1.10 bits per heavy atom. The quantitative estimate of drug-likeness (QED) is 0.392. The van der Waals surface area contributed by atoms with Crippen LogP contribution in [0, 0.1) is 5.92 Å². The number of aromatic nitrogens is 1. The van der Waals surface area contributed by atoms with Gasteiger partial charge in [0, 0.05) is 34.0 Å². The Bertz CT molecular complexity index is 1090. The standard InChI is InChI=1S/C24H25ClN2O4/c1-2-3-17(23(30)21-14-18-13-19(25)8-9-20(18)27-21)12-15-4-6-16(7-5-15)24(31)26-11-10-22(28)29/h4-9,13-14,17,27H,2-3,10-12H2,1H3,(H,26,31)(H,28,29)/t17-/m0/s1. The number of H-pyrrole nitrogens is 1. The second-order valence-electron chi connectivity index (χ2n) is 7.57. The molecule has 6 nitrogen and oxygen atoms in total. The predicted molar refractivity (Wildman–Crippen MR) is 121 cm³/mol. The van der Waals surface area contributed by atoms with Gasteiger partial charge < -0.3 is 15.4 Å². The number of carbonyl (C=O) groups is 3. The van der Waals surface area contributed by atoms with E-state index in [2.05, 4.69) is 17.2 Å². The van der Waals surface area contributed by atoms with Crippen molar-refractivity contribution in [3.05, 3.63) is 70.4 Å². The molecule has 0 aliphatic carbocycles. The molecule has 0 saturated carbocycles. The number of aliphatic carboxylic acids is 1. The van der Waals surface area contributed by atoms with Gasteiger partial charge in [-0.25, -0.2) is 0 Å². The number of benzene rings is 2. The molecule has 0 spiro atoms. The van der Waals surface area contributed by atoms with Crippen LogP contribution in [0.4, 0.5) is 0 Å². The van der Waals surface area contributed by atoms with E-state index in [1.165, 1.54) is 0 Å². The smallest absolute Gasteiger partial charge is 0.305 e. The summed E-state index contributed by atoms with van der Waals surface area (Å²) in [6.45, 7) is 2.13. The minimum absolute atomic E-state index is 0.0599. The van der Waals surface area contributed by atoms with Gasteiger partial charge in [0.15, 0.2) is 5.78 Å². The van der Waals surface area contributed by atoms with Gasteiger partial charge in [0.2, 0.25) is 0 Å². The zero-order valence-electron chi connectivity index (χ0n) is 17.3. The van der Waals surface area contributed by atoms with Crippen LogP contribution in [0.15, 0.2) is 48.5 Å². The highest BCUT2D eigenvalue weighted by molar-refractivity contribution is 6.31. The maximum Gasteiger partial charge on any atom is 0.305 e. The lowest BCUT2D eigenvalue weighted by Crippen LogP contribution is -2.26. The summed E-state index contributed by atoms with van der Waals surface area (Å²) in [7, 11) is 0. The zero-order chi connectivity index (χ0) is 22.4. The fourth-order valence-electron chi connectivity index (χ4n) is 3.59. The molecule has 162 valence electrons. The Morgan fingerprint density at radius 2 is 1.84 bits per heavy atom. The fraction of sp³-hybridized carbons (Fsp3) is 0.292. The average molecular weight is 441 g/mol. The summed E-state index contributed by atoms with van der Waals surface area (Å²) in [5.41, 5.74) is 2.87. The highest BCUT2D eigenvalue weighted by atomic mass is 35.5. The van der Waals surface area contributed by atoms with Crippen LogP contribution in [0.5, 0.6) is 0 Å². The minimum Gasteiger partial charge on any atom is -0.481 e. The Hall–Kier alpha value is -3.12. The topological polar surface area (TPSA) is 99.3 Å². The number of hydrogen-bond donors (Lipinski definition) is 3. The van der Waals surface area contributed by atoms with Crippen molar-refractivity contribution in [3.8, 4) is 0 Å². The number of carboxylic acid groups (broad SMARTS) is 1. The molecule has 3 aromatic rings. The van der Waals surface area contributed by atoms with Gasteiger partial charge in [-0.05, 0) is 54.8 Å². The van der Waals surface area contributed by atoms with Crippen LogP contribution in [0.2, 0.25) is 5.02 Å². The first kappa shape index (κ1) is 22.6. The number of carboxylic acids is 1. The van der Waals surface area contributed by atoms with Crippen LogP contribution in [-0.2, 0) is 11.2 Å². The summed E-state index contributed by atoms with van der Waals surface area (Å²) in [5, 5.41) is 12.8. The first-order valence-electron chi connectivity index (χ1n) is 10.3. The molecule has 2 aromatic carbocycles. The molecule has 0 aliphatic heterocycles. The fourth-order valence-corrected chi connectivity index (χ4v) is 3.77. The Kier molecular flexibility index (Phi) is 7.47. The molecule has 0 unspecified atom stereocenters. The van der Waals surface area contributed by atoms with Crippen molar-refractivity contribution in [2.45, 2.75) is 32.6 Å². The van der Waals surface area contributed by atoms with Crippen molar-refractivity contribution in [3.63, 3.8) is 0 Å². The second kappa shape index (κ2) is 10.3. The van der Waals surface area contributed by atoms with E-state index in [1.54, 1.807) is 18.2 Å². The third-order valence-electron chi connectivity index (χ3n) is 5.18. The van der Waals surface area contributed by atoms with E-state index >= 15 is 0 Å². The third-order valence-corrected chi connectivity index (χ3v) is 5.41. The van der Waals surface area contributed by atoms with E-state index in [0.29, 0.717) is 22.7 Å². The molecule has 1 amide bonds. The molecule has 7 heteroatoms. The molecule has 1 aromatic heterocycles. The number of Topliss-reactive ketones (excluding diaryl/α,β-unsaturated/α-hetero) is 1. The number of halogens is 1. The van der Waals surface area contributed by atoms with E-state index in [-0.39, 0.29) is 30.6 Å². The molecule has 0 bridgehead atoms. The van der Waals surface area contributed by atoms with Gasteiger partial charge in [-0.1, -0.05) is 37.1 Å². The average Bonchev–Trinajstić information content (AvgIpc) is 3.16. The third kappa shape index (κ3) is 5.95. The predicted octanol–water partition coefficient (Wildman–Crippen LogP) is 4.87. The summed E-state index contributed by atoms with van der Waals surface area (Å²) in [5.74, 6) is -1.39. The molecule has 0 aliphatic rings. The molecule has 0 saturated heterocycles. The highest BCUT2D eigenvalue weighted by Gasteiger charge is 2.22.